The second kappa shape index (κ2) is 7.41. The van der Waals surface area contributed by atoms with Gasteiger partial charge < -0.3 is 8.92 Å². The molecule has 0 amide bonds. The minimum Gasteiger partial charge on any atom is -0.457 e. The van der Waals surface area contributed by atoms with Crippen LogP contribution in [0.2, 0.25) is 0 Å². The van der Waals surface area contributed by atoms with E-state index in [9.17, 15) is 13.2 Å². The first kappa shape index (κ1) is 17.7. The third-order valence-corrected chi connectivity index (χ3v) is 4.82. The van der Waals surface area contributed by atoms with Gasteiger partial charge in [-0.25, -0.2) is 0 Å². The van der Waals surface area contributed by atoms with Gasteiger partial charge in [0.15, 0.2) is 5.78 Å². The molecule has 5 nitrogen and oxygen atoms in total. The molecule has 0 heterocycles. The zero-order valence-electron chi connectivity index (χ0n) is 14.0. The molecule has 0 saturated carbocycles. The number of para-hydroxylation sites is 1. The van der Waals surface area contributed by atoms with Crippen LogP contribution in [0.1, 0.15) is 17.3 Å². The maximum absolute atomic E-state index is 12.4. The maximum Gasteiger partial charge on any atom is 0.339 e. The summed E-state index contributed by atoms with van der Waals surface area (Å²) in [7, 11) is -3.98. The van der Waals surface area contributed by atoms with Gasteiger partial charge in [-0.1, -0.05) is 18.2 Å². The minimum absolute atomic E-state index is 0.00792. The van der Waals surface area contributed by atoms with E-state index in [-0.39, 0.29) is 16.4 Å². The molecule has 6 heteroatoms. The Balaban J connectivity index is 1.73. The fraction of sp³-hybridized carbons (Fsp3) is 0.0500. The second-order valence-electron chi connectivity index (χ2n) is 5.50. The standard InChI is InChI=1S/C20H16O5S/c1-15(21)16-7-9-19(10-8-16)25-26(22,23)20-13-11-18(12-14-20)24-17-5-3-2-4-6-17/h2-14H,1H3. The molecule has 0 atom stereocenters. The van der Waals surface area contributed by atoms with E-state index in [1.54, 1.807) is 24.3 Å². The summed E-state index contributed by atoms with van der Waals surface area (Å²) in [4.78, 5) is 11.3. The van der Waals surface area contributed by atoms with Crippen LogP contribution in [0.4, 0.5) is 0 Å². The Morgan fingerprint density at radius 3 is 1.85 bits per heavy atom. The van der Waals surface area contributed by atoms with Crippen molar-refractivity contribution < 1.29 is 22.1 Å². The Morgan fingerprint density at radius 2 is 1.27 bits per heavy atom. The molecule has 26 heavy (non-hydrogen) atoms. The van der Waals surface area contributed by atoms with Gasteiger partial charge in [-0.15, -0.1) is 0 Å². The smallest absolute Gasteiger partial charge is 0.339 e. The van der Waals surface area contributed by atoms with Crippen molar-refractivity contribution in [2.75, 3.05) is 0 Å². The third-order valence-electron chi connectivity index (χ3n) is 3.56. The first-order chi connectivity index (χ1) is 12.4. The lowest BCUT2D eigenvalue weighted by Gasteiger charge is -2.09. The Morgan fingerprint density at radius 1 is 0.731 bits per heavy atom. The van der Waals surface area contributed by atoms with Gasteiger partial charge in [0, 0.05) is 5.56 Å². The van der Waals surface area contributed by atoms with E-state index in [1.165, 1.54) is 43.3 Å². The molecule has 3 aromatic rings. The number of carbonyl (C=O) groups is 1. The highest BCUT2D eigenvalue weighted by Crippen LogP contribution is 2.24. The first-order valence-corrected chi connectivity index (χ1v) is 9.23. The summed E-state index contributed by atoms with van der Waals surface area (Å²) < 4.78 is 35.5. The number of hydrogen-bond acceptors (Lipinski definition) is 5. The largest absolute Gasteiger partial charge is 0.457 e. The van der Waals surface area contributed by atoms with Crippen molar-refractivity contribution in [3.05, 3.63) is 84.4 Å². The molecular weight excluding hydrogens is 352 g/mol. The molecule has 0 aliphatic rings. The van der Waals surface area contributed by atoms with E-state index in [0.717, 1.165) is 0 Å². The number of carbonyl (C=O) groups excluding carboxylic acids is 1. The van der Waals surface area contributed by atoms with Crippen LogP contribution in [0.25, 0.3) is 0 Å². The quantitative estimate of drug-likeness (QED) is 0.475. The summed E-state index contributed by atoms with van der Waals surface area (Å²) in [6, 6.07) is 21.0. The Labute approximate surface area is 151 Å². The number of benzene rings is 3. The highest BCUT2D eigenvalue weighted by atomic mass is 32.2. The molecular formula is C20H16O5S. The molecule has 0 aliphatic carbocycles. The first-order valence-electron chi connectivity index (χ1n) is 7.82. The van der Waals surface area contributed by atoms with E-state index in [0.29, 0.717) is 17.1 Å². The lowest BCUT2D eigenvalue weighted by Crippen LogP contribution is -2.09. The normalized spacial score (nSPS) is 11.0. The molecule has 3 aromatic carbocycles. The van der Waals surface area contributed by atoms with Crippen LogP contribution >= 0.6 is 0 Å². The average molecular weight is 368 g/mol. The molecule has 0 bridgehead atoms. The average Bonchev–Trinajstić information content (AvgIpc) is 2.63. The van der Waals surface area contributed by atoms with Crippen LogP contribution in [0.15, 0.2) is 83.8 Å². The molecule has 0 radical (unpaired) electrons. The van der Waals surface area contributed by atoms with E-state index in [4.69, 9.17) is 8.92 Å². The SMILES string of the molecule is CC(=O)c1ccc(OS(=O)(=O)c2ccc(Oc3ccccc3)cc2)cc1. The third kappa shape index (κ3) is 4.29. The zero-order valence-corrected chi connectivity index (χ0v) is 14.8. The number of ketones is 1. The molecule has 3 rings (SSSR count). The van der Waals surface area contributed by atoms with Crippen molar-refractivity contribution >= 4 is 15.9 Å². The molecule has 132 valence electrons. The summed E-state index contributed by atoms with van der Waals surface area (Å²) in [6.07, 6.45) is 0. The van der Waals surface area contributed by atoms with Gasteiger partial charge in [0.1, 0.15) is 22.1 Å². The van der Waals surface area contributed by atoms with Gasteiger partial charge in [0.05, 0.1) is 0 Å². The minimum atomic E-state index is -3.98. The Bertz CT molecular complexity index is 992. The molecule has 0 unspecified atom stereocenters. The van der Waals surface area contributed by atoms with Crippen LogP contribution in [0.5, 0.6) is 17.2 Å². The molecule has 0 N–H and O–H groups in total. The van der Waals surface area contributed by atoms with Crippen molar-refractivity contribution in [3.63, 3.8) is 0 Å². The maximum atomic E-state index is 12.4. The van der Waals surface area contributed by atoms with Crippen LogP contribution in [-0.4, -0.2) is 14.2 Å². The van der Waals surface area contributed by atoms with Crippen LogP contribution in [0.3, 0.4) is 0 Å². The van der Waals surface area contributed by atoms with Crippen LogP contribution in [-0.2, 0) is 10.1 Å². The predicted octanol–water partition coefficient (Wildman–Crippen LogP) is 4.45. The number of ether oxygens (including phenoxy) is 1. The van der Waals surface area contributed by atoms with Crippen molar-refractivity contribution in [2.45, 2.75) is 11.8 Å². The second-order valence-corrected chi connectivity index (χ2v) is 7.05. The van der Waals surface area contributed by atoms with Crippen molar-refractivity contribution in [2.24, 2.45) is 0 Å². The van der Waals surface area contributed by atoms with Gasteiger partial charge in [0.25, 0.3) is 0 Å². The zero-order chi connectivity index (χ0) is 18.6. The van der Waals surface area contributed by atoms with Crippen molar-refractivity contribution in [1.29, 1.82) is 0 Å². The lowest BCUT2D eigenvalue weighted by molar-refractivity contribution is 0.101. The summed E-state index contributed by atoms with van der Waals surface area (Å²) in [5, 5.41) is 0. The molecule has 0 aliphatic heterocycles. The summed E-state index contributed by atoms with van der Waals surface area (Å²) >= 11 is 0. The highest BCUT2D eigenvalue weighted by molar-refractivity contribution is 7.87. The summed E-state index contributed by atoms with van der Waals surface area (Å²) in [6.45, 7) is 1.44. The van der Waals surface area contributed by atoms with Crippen LogP contribution < -0.4 is 8.92 Å². The topological polar surface area (TPSA) is 69.7 Å². The lowest BCUT2D eigenvalue weighted by atomic mass is 10.1. The van der Waals surface area contributed by atoms with Gasteiger partial charge in [0.2, 0.25) is 0 Å². The molecule has 0 aromatic heterocycles. The summed E-state index contributed by atoms with van der Waals surface area (Å²) in [5.74, 6) is 1.21. The Hall–Kier alpha value is -3.12. The van der Waals surface area contributed by atoms with Gasteiger partial charge in [-0.2, -0.15) is 8.42 Å². The molecule has 0 fully saturated rings. The van der Waals surface area contributed by atoms with E-state index in [2.05, 4.69) is 0 Å². The summed E-state index contributed by atoms with van der Waals surface area (Å²) in [5.41, 5.74) is 0.483. The predicted molar refractivity (Wildman–Crippen MR) is 97.2 cm³/mol. The monoisotopic (exact) mass is 368 g/mol. The van der Waals surface area contributed by atoms with Gasteiger partial charge in [-0.3, -0.25) is 4.79 Å². The molecule has 0 saturated heterocycles. The van der Waals surface area contributed by atoms with E-state index in [1.807, 2.05) is 18.2 Å². The highest BCUT2D eigenvalue weighted by Gasteiger charge is 2.17. The fourth-order valence-electron chi connectivity index (χ4n) is 2.22. The number of rotatable bonds is 6. The van der Waals surface area contributed by atoms with E-state index < -0.39 is 10.1 Å². The van der Waals surface area contributed by atoms with Crippen LogP contribution in [0, 0.1) is 0 Å². The number of Topliss-reactive ketones (excluding diaryl/α,β-unsaturated/α-hetero) is 1. The van der Waals surface area contributed by atoms with E-state index >= 15 is 0 Å². The van der Waals surface area contributed by atoms with Crippen molar-refractivity contribution in [1.82, 2.24) is 0 Å². The van der Waals surface area contributed by atoms with Crippen molar-refractivity contribution in [3.8, 4) is 17.2 Å². The van der Waals surface area contributed by atoms with Gasteiger partial charge >= 0.3 is 10.1 Å². The fourth-order valence-corrected chi connectivity index (χ4v) is 3.15. The molecule has 0 spiro atoms. The van der Waals surface area contributed by atoms with Gasteiger partial charge in [-0.05, 0) is 67.6 Å². The number of hydrogen-bond donors (Lipinski definition) is 0. The Kier molecular flexibility index (Phi) is 5.04.